The zero-order valence-corrected chi connectivity index (χ0v) is 12.3. The highest BCUT2D eigenvalue weighted by Gasteiger charge is 2.18. The van der Waals surface area contributed by atoms with Crippen molar-refractivity contribution in [3.05, 3.63) is 33.8 Å². The molecule has 1 heterocycles. The summed E-state index contributed by atoms with van der Waals surface area (Å²) in [5, 5.41) is 11.3. The van der Waals surface area contributed by atoms with E-state index in [1.54, 1.807) is 24.3 Å². The number of carbonyl (C=O) groups excluding carboxylic acids is 1. The van der Waals surface area contributed by atoms with E-state index < -0.39 is 0 Å². The summed E-state index contributed by atoms with van der Waals surface area (Å²) in [6, 6.07) is 6.56. The van der Waals surface area contributed by atoms with Gasteiger partial charge in [-0.25, -0.2) is 4.79 Å². The number of urea groups is 1. The van der Waals surface area contributed by atoms with Crippen LogP contribution in [0, 0.1) is 0 Å². The van der Waals surface area contributed by atoms with Gasteiger partial charge in [0.15, 0.2) is 0 Å². The van der Waals surface area contributed by atoms with Crippen molar-refractivity contribution in [1.82, 2.24) is 10.2 Å². The monoisotopic (exact) mass is 316 g/mol. The lowest BCUT2D eigenvalue weighted by Crippen LogP contribution is -2.34. The van der Waals surface area contributed by atoms with Gasteiger partial charge in [-0.2, -0.15) is 0 Å². The molecule has 2 aromatic rings. The molecular formula is C11H10Cl2N4OS. The van der Waals surface area contributed by atoms with E-state index in [2.05, 4.69) is 15.5 Å². The van der Waals surface area contributed by atoms with Gasteiger partial charge in [-0.1, -0.05) is 22.9 Å². The van der Waals surface area contributed by atoms with Gasteiger partial charge in [-0.3, -0.25) is 4.90 Å². The van der Waals surface area contributed by atoms with Crippen LogP contribution in [-0.4, -0.2) is 22.8 Å². The van der Waals surface area contributed by atoms with Crippen LogP contribution in [0.4, 0.5) is 15.6 Å². The summed E-state index contributed by atoms with van der Waals surface area (Å²) in [7, 11) is 0. The third kappa shape index (κ3) is 3.56. The molecule has 0 saturated carbocycles. The number of hydrogen-bond acceptors (Lipinski definition) is 4. The number of rotatable bonds is 3. The van der Waals surface area contributed by atoms with E-state index in [9.17, 15) is 4.79 Å². The number of hydrogen-bond donors (Lipinski definition) is 1. The van der Waals surface area contributed by atoms with Crippen LogP contribution in [-0.2, 0) is 0 Å². The lowest BCUT2D eigenvalue weighted by Gasteiger charge is -2.17. The van der Waals surface area contributed by atoms with E-state index >= 15 is 0 Å². The van der Waals surface area contributed by atoms with E-state index in [0.717, 1.165) is 11.3 Å². The van der Waals surface area contributed by atoms with Crippen molar-refractivity contribution in [3.63, 3.8) is 0 Å². The fourth-order valence-electron chi connectivity index (χ4n) is 1.40. The van der Waals surface area contributed by atoms with Crippen molar-refractivity contribution in [3.8, 4) is 0 Å². The van der Waals surface area contributed by atoms with Crippen LogP contribution in [0.2, 0.25) is 9.49 Å². The number of benzene rings is 1. The van der Waals surface area contributed by atoms with Gasteiger partial charge in [-0.15, -0.1) is 10.2 Å². The lowest BCUT2D eigenvalue weighted by molar-refractivity contribution is 0.257. The minimum atomic E-state index is -0.294. The average Bonchev–Trinajstić information content (AvgIpc) is 2.80. The third-order valence-corrected chi connectivity index (χ3v) is 3.57. The maximum Gasteiger partial charge on any atom is 0.328 e. The Morgan fingerprint density at radius 2 is 2.00 bits per heavy atom. The van der Waals surface area contributed by atoms with Crippen LogP contribution in [0.5, 0.6) is 0 Å². The molecule has 0 fully saturated rings. The smallest absolute Gasteiger partial charge is 0.307 e. The van der Waals surface area contributed by atoms with Gasteiger partial charge in [0.25, 0.3) is 0 Å². The van der Waals surface area contributed by atoms with Gasteiger partial charge in [0.05, 0.1) is 0 Å². The van der Waals surface area contributed by atoms with Crippen LogP contribution in [0.25, 0.3) is 0 Å². The number of nitrogens with zero attached hydrogens (tertiary/aromatic N) is 3. The highest BCUT2D eigenvalue weighted by molar-refractivity contribution is 7.19. The molecule has 0 saturated heterocycles. The number of anilines is 2. The van der Waals surface area contributed by atoms with E-state index in [0.29, 0.717) is 26.9 Å². The first-order valence-corrected chi connectivity index (χ1v) is 7.00. The largest absolute Gasteiger partial charge is 0.328 e. The summed E-state index contributed by atoms with van der Waals surface area (Å²) < 4.78 is 0.299. The number of nitrogens with one attached hydrogen (secondary N) is 1. The third-order valence-electron chi connectivity index (χ3n) is 2.28. The van der Waals surface area contributed by atoms with Crippen LogP contribution >= 0.6 is 34.5 Å². The Balaban J connectivity index is 2.11. The molecule has 0 spiro atoms. The molecule has 2 amide bonds. The predicted octanol–water partition coefficient (Wildman–Crippen LogP) is 3.90. The zero-order chi connectivity index (χ0) is 13.8. The first-order chi connectivity index (χ1) is 9.10. The van der Waals surface area contributed by atoms with Crippen LogP contribution in [0.3, 0.4) is 0 Å². The number of aromatic nitrogens is 2. The molecule has 0 aliphatic rings. The SMILES string of the molecule is CCN(C(=O)Nc1ccc(Cl)cc1)c1nnc(Cl)s1. The molecule has 100 valence electrons. The number of amides is 2. The summed E-state index contributed by atoms with van der Waals surface area (Å²) >= 11 is 12.6. The maximum absolute atomic E-state index is 12.1. The van der Waals surface area contributed by atoms with Gasteiger partial charge in [0, 0.05) is 17.3 Å². The van der Waals surface area contributed by atoms with Crippen molar-refractivity contribution in [2.45, 2.75) is 6.92 Å². The summed E-state index contributed by atoms with van der Waals surface area (Å²) in [5.74, 6) is 0. The molecule has 1 aromatic heterocycles. The molecule has 8 heteroatoms. The quantitative estimate of drug-likeness (QED) is 0.934. The topological polar surface area (TPSA) is 58.1 Å². The summed E-state index contributed by atoms with van der Waals surface area (Å²) in [5.41, 5.74) is 0.656. The molecule has 0 radical (unpaired) electrons. The zero-order valence-electron chi connectivity index (χ0n) is 9.93. The predicted molar refractivity (Wildman–Crippen MR) is 78.4 cm³/mol. The molecular weight excluding hydrogens is 307 g/mol. The minimum absolute atomic E-state index is 0.294. The van der Waals surface area contributed by atoms with Crippen LogP contribution < -0.4 is 10.2 Å². The molecule has 19 heavy (non-hydrogen) atoms. The molecule has 0 unspecified atom stereocenters. The van der Waals surface area contributed by atoms with Crippen LogP contribution in [0.15, 0.2) is 24.3 Å². The second-order valence-electron chi connectivity index (χ2n) is 3.52. The van der Waals surface area contributed by atoms with Gasteiger partial charge < -0.3 is 5.32 Å². The van der Waals surface area contributed by atoms with Crippen molar-refractivity contribution in [2.75, 3.05) is 16.8 Å². The van der Waals surface area contributed by atoms with Crippen LogP contribution in [0.1, 0.15) is 6.92 Å². The second-order valence-corrected chi connectivity index (χ2v) is 5.49. The summed E-state index contributed by atoms with van der Waals surface area (Å²) in [6.07, 6.45) is 0. The Labute approximate surface area is 124 Å². The van der Waals surface area contributed by atoms with Gasteiger partial charge in [0.1, 0.15) is 0 Å². The number of carbonyl (C=O) groups is 1. The van der Waals surface area contributed by atoms with Crippen molar-refractivity contribution in [2.24, 2.45) is 0 Å². The summed E-state index contributed by atoms with van der Waals surface area (Å²) in [6.45, 7) is 2.31. The Bertz CT molecular complexity index is 572. The normalized spacial score (nSPS) is 10.3. The van der Waals surface area contributed by atoms with Crippen molar-refractivity contribution < 1.29 is 4.79 Å². The van der Waals surface area contributed by atoms with E-state index in [4.69, 9.17) is 23.2 Å². The highest BCUT2D eigenvalue weighted by atomic mass is 35.5. The molecule has 1 aromatic carbocycles. The maximum atomic E-state index is 12.1. The fourth-order valence-corrected chi connectivity index (χ4v) is 2.40. The molecule has 0 atom stereocenters. The van der Waals surface area contributed by atoms with E-state index in [-0.39, 0.29) is 6.03 Å². The first kappa shape index (κ1) is 14.0. The summed E-state index contributed by atoms with van der Waals surface area (Å²) in [4.78, 5) is 13.6. The lowest BCUT2D eigenvalue weighted by atomic mass is 10.3. The average molecular weight is 317 g/mol. The molecule has 5 nitrogen and oxygen atoms in total. The molecule has 0 bridgehead atoms. The van der Waals surface area contributed by atoms with Gasteiger partial charge >= 0.3 is 6.03 Å². The Morgan fingerprint density at radius 1 is 1.32 bits per heavy atom. The van der Waals surface area contributed by atoms with Crippen molar-refractivity contribution in [1.29, 1.82) is 0 Å². The molecule has 0 aliphatic carbocycles. The van der Waals surface area contributed by atoms with Gasteiger partial charge in [-0.05, 0) is 42.8 Å². The van der Waals surface area contributed by atoms with E-state index in [1.807, 2.05) is 6.92 Å². The van der Waals surface area contributed by atoms with Gasteiger partial charge in [0.2, 0.25) is 9.60 Å². The first-order valence-electron chi connectivity index (χ1n) is 5.43. The minimum Gasteiger partial charge on any atom is -0.307 e. The molecule has 1 N–H and O–H groups in total. The Morgan fingerprint density at radius 3 is 2.53 bits per heavy atom. The fraction of sp³-hybridized carbons (Fsp3) is 0.182. The highest BCUT2D eigenvalue weighted by Crippen LogP contribution is 2.24. The number of halogens is 2. The van der Waals surface area contributed by atoms with E-state index in [1.165, 1.54) is 4.90 Å². The Kier molecular flexibility index (Phi) is 4.57. The second kappa shape index (κ2) is 6.18. The van der Waals surface area contributed by atoms with Crippen molar-refractivity contribution >= 4 is 51.4 Å². The molecule has 2 rings (SSSR count). The standard InChI is InChI=1S/C11H10Cl2N4OS/c1-2-17(11-16-15-9(13)19-11)10(18)14-8-5-3-7(12)4-6-8/h3-6H,2H2,1H3,(H,14,18). The Hall–Kier alpha value is -1.37. The molecule has 0 aliphatic heterocycles.